The molecule has 0 aliphatic carbocycles. The van der Waals surface area contributed by atoms with Gasteiger partial charge in [-0.05, 0) is 31.2 Å². The van der Waals surface area contributed by atoms with Crippen molar-refractivity contribution < 1.29 is 0 Å². The topological polar surface area (TPSA) is 33.1 Å². The van der Waals surface area contributed by atoms with E-state index in [4.69, 9.17) is 11.6 Å². The molecule has 21 heavy (non-hydrogen) atoms. The molecule has 1 unspecified atom stereocenters. The minimum atomic E-state index is 0. The van der Waals surface area contributed by atoms with Crippen LogP contribution in [0.5, 0.6) is 0 Å². The SMILES string of the molecule is CC1CN(Cc2cnn(-c3ccc(Cl)cc3)c2)CCN1.Cl. The van der Waals surface area contributed by atoms with Crippen LogP contribution in [0.15, 0.2) is 36.7 Å². The summed E-state index contributed by atoms with van der Waals surface area (Å²) in [6, 6.07) is 8.29. The van der Waals surface area contributed by atoms with Gasteiger partial charge in [0.1, 0.15) is 0 Å². The molecule has 0 bridgehead atoms. The van der Waals surface area contributed by atoms with Gasteiger partial charge in [0.05, 0.1) is 11.9 Å². The van der Waals surface area contributed by atoms with Gasteiger partial charge in [-0.2, -0.15) is 5.10 Å². The molecule has 1 N–H and O–H groups in total. The Balaban J connectivity index is 0.00000161. The summed E-state index contributed by atoms with van der Waals surface area (Å²) in [5, 5.41) is 8.64. The lowest BCUT2D eigenvalue weighted by atomic mass is 10.2. The highest BCUT2D eigenvalue weighted by atomic mass is 35.5. The largest absolute Gasteiger partial charge is 0.312 e. The highest BCUT2D eigenvalue weighted by Gasteiger charge is 2.16. The molecule has 1 aromatic carbocycles. The zero-order valence-corrected chi connectivity index (χ0v) is 13.6. The van der Waals surface area contributed by atoms with E-state index in [1.165, 1.54) is 5.56 Å². The van der Waals surface area contributed by atoms with Gasteiger partial charge in [-0.15, -0.1) is 12.4 Å². The van der Waals surface area contributed by atoms with Crippen molar-refractivity contribution in [2.75, 3.05) is 19.6 Å². The summed E-state index contributed by atoms with van der Waals surface area (Å²) in [6.07, 6.45) is 4.04. The second-order valence-electron chi connectivity index (χ2n) is 5.36. The van der Waals surface area contributed by atoms with Crippen LogP contribution in [-0.4, -0.2) is 40.4 Å². The molecule has 1 atom stereocenters. The molecule has 1 saturated heterocycles. The van der Waals surface area contributed by atoms with Crippen LogP contribution in [-0.2, 0) is 6.54 Å². The molecule has 1 aliphatic heterocycles. The number of hydrogen-bond donors (Lipinski definition) is 1. The van der Waals surface area contributed by atoms with Gasteiger partial charge >= 0.3 is 0 Å². The lowest BCUT2D eigenvalue weighted by Crippen LogP contribution is -2.48. The number of halogens is 2. The molecule has 2 aromatic rings. The lowest BCUT2D eigenvalue weighted by molar-refractivity contribution is 0.199. The highest BCUT2D eigenvalue weighted by molar-refractivity contribution is 6.30. The van der Waals surface area contributed by atoms with E-state index < -0.39 is 0 Å². The smallest absolute Gasteiger partial charge is 0.0646 e. The first-order chi connectivity index (χ1) is 9.70. The number of hydrogen-bond acceptors (Lipinski definition) is 3. The van der Waals surface area contributed by atoms with Gasteiger partial charge in [-0.3, -0.25) is 4.90 Å². The van der Waals surface area contributed by atoms with Gasteiger partial charge in [-0.1, -0.05) is 11.6 Å². The number of piperazine rings is 1. The Morgan fingerprint density at radius 2 is 2.10 bits per heavy atom. The van der Waals surface area contributed by atoms with Gasteiger partial charge in [-0.25, -0.2) is 4.68 Å². The fraction of sp³-hybridized carbons (Fsp3) is 0.400. The number of benzene rings is 1. The third-order valence-corrected chi connectivity index (χ3v) is 3.84. The third kappa shape index (κ3) is 4.20. The average molecular weight is 327 g/mol. The van der Waals surface area contributed by atoms with Crippen molar-refractivity contribution in [3.63, 3.8) is 0 Å². The van der Waals surface area contributed by atoms with E-state index in [-0.39, 0.29) is 12.4 Å². The molecule has 1 fully saturated rings. The van der Waals surface area contributed by atoms with Gasteiger partial charge < -0.3 is 5.32 Å². The van der Waals surface area contributed by atoms with Crippen LogP contribution in [0.4, 0.5) is 0 Å². The Morgan fingerprint density at radius 3 is 2.81 bits per heavy atom. The summed E-state index contributed by atoms with van der Waals surface area (Å²) < 4.78 is 1.90. The van der Waals surface area contributed by atoms with Crippen LogP contribution >= 0.6 is 24.0 Å². The molecule has 4 nitrogen and oxygen atoms in total. The molecule has 2 heterocycles. The van der Waals surface area contributed by atoms with E-state index >= 15 is 0 Å². The first kappa shape index (κ1) is 16.3. The summed E-state index contributed by atoms with van der Waals surface area (Å²) in [5.41, 5.74) is 2.28. The summed E-state index contributed by atoms with van der Waals surface area (Å²) in [4.78, 5) is 2.46. The highest BCUT2D eigenvalue weighted by Crippen LogP contribution is 2.14. The van der Waals surface area contributed by atoms with Crippen LogP contribution in [0.3, 0.4) is 0 Å². The second kappa shape index (κ2) is 7.27. The predicted octanol–water partition coefficient (Wildman–Crippen LogP) is 2.74. The maximum absolute atomic E-state index is 5.90. The Hall–Kier alpha value is -1.07. The van der Waals surface area contributed by atoms with Crippen LogP contribution in [0.2, 0.25) is 5.02 Å². The van der Waals surface area contributed by atoms with E-state index in [0.717, 1.165) is 36.9 Å². The summed E-state index contributed by atoms with van der Waals surface area (Å²) in [6.45, 7) is 6.43. The van der Waals surface area contributed by atoms with Gasteiger partial charge in [0.2, 0.25) is 0 Å². The molecule has 1 aromatic heterocycles. The Labute approximate surface area is 136 Å². The molecule has 0 spiro atoms. The minimum Gasteiger partial charge on any atom is -0.312 e. The van der Waals surface area contributed by atoms with Crippen molar-refractivity contribution in [3.8, 4) is 5.69 Å². The molecule has 0 radical (unpaired) electrons. The fourth-order valence-electron chi connectivity index (χ4n) is 2.59. The second-order valence-corrected chi connectivity index (χ2v) is 5.80. The zero-order valence-electron chi connectivity index (χ0n) is 12.0. The lowest BCUT2D eigenvalue weighted by Gasteiger charge is -2.31. The minimum absolute atomic E-state index is 0. The molecule has 114 valence electrons. The third-order valence-electron chi connectivity index (χ3n) is 3.59. The van der Waals surface area contributed by atoms with Gasteiger partial charge in [0, 0.05) is 49.0 Å². The number of nitrogens with zero attached hydrogens (tertiary/aromatic N) is 3. The van der Waals surface area contributed by atoms with E-state index in [0.29, 0.717) is 6.04 Å². The molecular weight excluding hydrogens is 307 g/mol. The van der Waals surface area contributed by atoms with Crippen molar-refractivity contribution in [1.29, 1.82) is 0 Å². The van der Waals surface area contributed by atoms with Crippen LogP contribution in [0.25, 0.3) is 5.69 Å². The van der Waals surface area contributed by atoms with Crippen molar-refractivity contribution in [2.24, 2.45) is 0 Å². The van der Waals surface area contributed by atoms with Crippen molar-refractivity contribution in [2.45, 2.75) is 19.5 Å². The maximum Gasteiger partial charge on any atom is 0.0646 e. The molecule has 6 heteroatoms. The van der Waals surface area contributed by atoms with Crippen molar-refractivity contribution in [3.05, 3.63) is 47.2 Å². The Kier molecular flexibility index (Phi) is 5.65. The fourth-order valence-corrected chi connectivity index (χ4v) is 2.72. The summed E-state index contributed by atoms with van der Waals surface area (Å²) in [7, 11) is 0. The molecular formula is C15H20Cl2N4. The Bertz CT molecular complexity index is 567. The van der Waals surface area contributed by atoms with Crippen LogP contribution in [0.1, 0.15) is 12.5 Å². The first-order valence-electron chi connectivity index (χ1n) is 6.96. The standard InChI is InChI=1S/C15H19ClN4.ClH/c1-12-9-19(7-6-17-12)10-13-8-18-20(11-13)15-4-2-14(16)3-5-15;/h2-5,8,11-12,17H,6-7,9-10H2,1H3;1H. The summed E-state index contributed by atoms with van der Waals surface area (Å²) in [5.74, 6) is 0. The Morgan fingerprint density at radius 1 is 1.33 bits per heavy atom. The quantitative estimate of drug-likeness (QED) is 0.941. The number of aromatic nitrogens is 2. The van der Waals surface area contributed by atoms with E-state index in [9.17, 15) is 0 Å². The summed E-state index contributed by atoms with van der Waals surface area (Å²) >= 11 is 5.90. The van der Waals surface area contributed by atoms with Crippen molar-refractivity contribution >= 4 is 24.0 Å². The first-order valence-corrected chi connectivity index (χ1v) is 7.34. The molecule has 3 rings (SSSR count). The van der Waals surface area contributed by atoms with E-state index in [1.54, 1.807) is 0 Å². The van der Waals surface area contributed by atoms with E-state index in [1.807, 2.05) is 35.1 Å². The van der Waals surface area contributed by atoms with Crippen LogP contribution < -0.4 is 5.32 Å². The zero-order chi connectivity index (χ0) is 13.9. The number of nitrogens with one attached hydrogen (secondary N) is 1. The van der Waals surface area contributed by atoms with Gasteiger partial charge in [0.25, 0.3) is 0 Å². The molecule has 1 aliphatic rings. The van der Waals surface area contributed by atoms with E-state index in [2.05, 4.69) is 28.4 Å². The van der Waals surface area contributed by atoms with Crippen LogP contribution in [0, 0.1) is 0 Å². The predicted molar refractivity (Wildman–Crippen MR) is 88.6 cm³/mol. The average Bonchev–Trinajstić information content (AvgIpc) is 2.88. The van der Waals surface area contributed by atoms with Gasteiger partial charge in [0.15, 0.2) is 0 Å². The maximum atomic E-state index is 5.90. The monoisotopic (exact) mass is 326 g/mol. The number of rotatable bonds is 3. The molecule has 0 saturated carbocycles. The normalized spacial score (nSPS) is 19.2. The molecule has 0 amide bonds. The van der Waals surface area contributed by atoms with Crippen molar-refractivity contribution in [1.82, 2.24) is 20.0 Å².